The third-order valence-corrected chi connectivity index (χ3v) is 4.98. The van der Waals surface area contributed by atoms with Gasteiger partial charge in [-0.25, -0.2) is 4.79 Å². The lowest BCUT2D eigenvalue weighted by atomic mass is 10.1. The molecular weight excluding hydrogens is 329 g/mol. The lowest BCUT2D eigenvalue weighted by Gasteiger charge is -2.31. The van der Waals surface area contributed by atoms with Gasteiger partial charge in [-0.1, -0.05) is 35.3 Å². The molecule has 0 spiro atoms. The summed E-state index contributed by atoms with van der Waals surface area (Å²) in [7, 11) is 0. The molecule has 2 aliphatic rings. The fraction of sp³-hybridized carbons (Fsp3) is 0.467. The molecule has 1 saturated heterocycles. The van der Waals surface area contributed by atoms with E-state index >= 15 is 0 Å². The monoisotopic (exact) mass is 343 g/mol. The second kappa shape index (κ2) is 6.07. The topological polar surface area (TPSA) is 66.8 Å². The van der Waals surface area contributed by atoms with Gasteiger partial charge in [-0.15, -0.1) is 0 Å². The summed E-state index contributed by atoms with van der Waals surface area (Å²) in [5, 5.41) is 9.97. The number of carboxylic acid groups (broad SMARTS) is 1. The summed E-state index contributed by atoms with van der Waals surface area (Å²) < 4.78 is 5.13. The predicted octanol–water partition coefficient (Wildman–Crippen LogP) is 2.41. The highest BCUT2D eigenvalue weighted by molar-refractivity contribution is 6.42. The van der Waals surface area contributed by atoms with Gasteiger partial charge in [-0.05, 0) is 24.0 Å². The molecule has 3 atom stereocenters. The number of benzene rings is 1. The lowest BCUT2D eigenvalue weighted by Crippen LogP contribution is -2.49. The molecule has 1 aromatic carbocycles. The minimum absolute atomic E-state index is 0.0319. The van der Waals surface area contributed by atoms with Crippen molar-refractivity contribution in [3.63, 3.8) is 0 Å². The smallest absolute Gasteiger partial charge is 0.334 e. The molecule has 5 nitrogen and oxygen atoms in total. The molecule has 0 aromatic heterocycles. The van der Waals surface area contributed by atoms with E-state index < -0.39 is 12.1 Å². The first-order valence-corrected chi connectivity index (χ1v) is 7.81. The maximum absolute atomic E-state index is 12.5. The van der Waals surface area contributed by atoms with Crippen LogP contribution in [0.1, 0.15) is 17.9 Å². The fourth-order valence-corrected chi connectivity index (χ4v) is 3.30. The summed E-state index contributed by atoms with van der Waals surface area (Å²) in [6.45, 7) is 0.772. The quantitative estimate of drug-likeness (QED) is 0.915. The van der Waals surface area contributed by atoms with Crippen LogP contribution in [0.25, 0.3) is 0 Å². The Hall–Kier alpha value is -1.30. The van der Waals surface area contributed by atoms with Crippen LogP contribution in [0.2, 0.25) is 10.0 Å². The number of amides is 1. The zero-order chi connectivity index (χ0) is 15.9. The summed E-state index contributed by atoms with van der Waals surface area (Å²) in [6, 6.07) is 5.41. The summed E-state index contributed by atoms with van der Waals surface area (Å²) in [4.78, 5) is 25.1. The van der Waals surface area contributed by atoms with E-state index in [2.05, 4.69) is 0 Å². The van der Waals surface area contributed by atoms with Crippen LogP contribution in [-0.2, 0) is 14.3 Å². The molecule has 3 unspecified atom stereocenters. The SMILES string of the molecule is O=C(O)C1CN(C(=O)C2CC2c2cccc(Cl)c2Cl)CCO1. The van der Waals surface area contributed by atoms with E-state index in [1.165, 1.54) is 0 Å². The van der Waals surface area contributed by atoms with E-state index in [9.17, 15) is 9.59 Å². The first-order valence-electron chi connectivity index (χ1n) is 7.06. The van der Waals surface area contributed by atoms with E-state index in [1.54, 1.807) is 11.0 Å². The Labute approximate surface area is 137 Å². The Kier molecular flexibility index (Phi) is 4.30. The van der Waals surface area contributed by atoms with E-state index in [-0.39, 0.29) is 30.9 Å². The molecule has 118 valence electrons. The van der Waals surface area contributed by atoms with Crippen LogP contribution in [0.15, 0.2) is 18.2 Å². The summed E-state index contributed by atoms with van der Waals surface area (Å²) in [6.07, 6.45) is -0.224. The number of aliphatic carboxylic acids is 1. The average Bonchev–Trinajstić information content (AvgIpc) is 3.29. The highest BCUT2D eigenvalue weighted by Gasteiger charge is 2.47. The normalized spacial score (nSPS) is 27.5. The molecule has 1 N–H and O–H groups in total. The number of morpholine rings is 1. The fourth-order valence-electron chi connectivity index (χ4n) is 2.85. The van der Waals surface area contributed by atoms with Gasteiger partial charge in [0.25, 0.3) is 0 Å². The number of carboxylic acids is 1. The van der Waals surface area contributed by atoms with E-state index in [0.717, 1.165) is 5.56 Å². The van der Waals surface area contributed by atoms with Crippen molar-refractivity contribution in [2.45, 2.75) is 18.4 Å². The maximum atomic E-state index is 12.5. The molecule has 2 fully saturated rings. The molecule has 1 heterocycles. The zero-order valence-corrected chi connectivity index (χ0v) is 13.2. The van der Waals surface area contributed by atoms with Crippen molar-refractivity contribution in [2.24, 2.45) is 5.92 Å². The minimum atomic E-state index is -1.04. The first kappa shape index (κ1) is 15.6. The molecule has 22 heavy (non-hydrogen) atoms. The van der Waals surface area contributed by atoms with Crippen LogP contribution in [-0.4, -0.2) is 47.7 Å². The minimum Gasteiger partial charge on any atom is -0.479 e. The van der Waals surface area contributed by atoms with Gasteiger partial charge in [0.15, 0.2) is 6.10 Å². The van der Waals surface area contributed by atoms with Gasteiger partial charge in [0.05, 0.1) is 23.2 Å². The Morgan fingerprint density at radius 1 is 1.32 bits per heavy atom. The van der Waals surface area contributed by atoms with Crippen molar-refractivity contribution >= 4 is 35.1 Å². The summed E-state index contributed by atoms with van der Waals surface area (Å²) in [5.74, 6) is -1.16. The number of carbonyl (C=O) groups is 2. The molecule has 1 aromatic rings. The zero-order valence-electron chi connectivity index (χ0n) is 11.7. The molecule has 1 saturated carbocycles. The average molecular weight is 344 g/mol. The molecule has 0 radical (unpaired) electrons. The van der Waals surface area contributed by atoms with Crippen LogP contribution in [0.5, 0.6) is 0 Å². The van der Waals surface area contributed by atoms with Gasteiger partial charge >= 0.3 is 5.97 Å². The number of hydrogen-bond acceptors (Lipinski definition) is 3. The van der Waals surface area contributed by atoms with E-state index in [0.29, 0.717) is 23.0 Å². The first-order chi connectivity index (χ1) is 10.5. The van der Waals surface area contributed by atoms with Crippen molar-refractivity contribution in [2.75, 3.05) is 19.7 Å². The van der Waals surface area contributed by atoms with Crippen LogP contribution in [0, 0.1) is 5.92 Å². The van der Waals surface area contributed by atoms with E-state index in [4.69, 9.17) is 33.0 Å². The van der Waals surface area contributed by atoms with Crippen LogP contribution in [0.3, 0.4) is 0 Å². The maximum Gasteiger partial charge on any atom is 0.334 e. The second-order valence-corrected chi connectivity index (χ2v) is 6.36. The number of halogens is 2. The van der Waals surface area contributed by atoms with Gasteiger partial charge in [0, 0.05) is 12.5 Å². The number of carbonyl (C=O) groups excluding carboxylic acids is 1. The van der Waals surface area contributed by atoms with Crippen LogP contribution in [0.4, 0.5) is 0 Å². The van der Waals surface area contributed by atoms with Gasteiger partial charge in [0.1, 0.15) is 0 Å². The van der Waals surface area contributed by atoms with Crippen molar-refractivity contribution in [3.05, 3.63) is 33.8 Å². The second-order valence-electron chi connectivity index (χ2n) is 5.57. The van der Waals surface area contributed by atoms with Crippen molar-refractivity contribution in [1.29, 1.82) is 0 Å². The number of ether oxygens (including phenoxy) is 1. The summed E-state index contributed by atoms with van der Waals surface area (Å²) in [5.41, 5.74) is 0.885. The van der Waals surface area contributed by atoms with Gasteiger partial charge < -0.3 is 14.7 Å². The number of hydrogen-bond donors (Lipinski definition) is 1. The van der Waals surface area contributed by atoms with Crippen LogP contribution < -0.4 is 0 Å². The highest BCUT2D eigenvalue weighted by atomic mass is 35.5. The van der Waals surface area contributed by atoms with Crippen LogP contribution >= 0.6 is 23.2 Å². The molecule has 1 aliphatic heterocycles. The lowest BCUT2D eigenvalue weighted by molar-refractivity contribution is -0.159. The molecule has 7 heteroatoms. The molecule has 0 bridgehead atoms. The van der Waals surface area contributed by atoms with Gasteiger partial charge in [0.2, 0.25) is 5.91 Å². The standard InChI is InChI=1S/C15H15Cl2NO4/c16-11-3-1-2-8(13(11)17)9-6-10(9)14(19)18-4-5-22-12(7-18)15(20)21/h1-3,9-10,12H,4-7H2,(H,20,21). The largest absolute Gasteiger partial charge is 0.479 e. The Balaban J connectivity index is 1.68. The molecular formula is C15H15Cl2NO4. The third-order valence-electron chi connectivity index (χ3n) is 4.14. The Morgan fingerprint density at radius 3 is 2.82 bits per heavy atom. The van der Waals surface area contributed by atoms with E-state index in [1.807, 2.05) is 12.1 Å². The Bertz CT molecular complexity index is 622. The summed E-state index contributed by atoms with van der Waals surface area (Å²) >= 11 is 12.2. The Morgan fingerprint density at radius 2 is 2.09 bits per heavy atom. The highest BCUT2D eigenvalue weighted by Crippen LogP contribution is 2.51. The molecule has 1 amide bonds. The molecule has 3 rings (SSSR count). The number of nitrogens with zero attached hydrogens (tertiary/aromatic N) is 1. The van der Waals surface area contributed by atoms with Gasteiger partial charge in [-0.2, -0.15) is 0 Å². The van der Waals surface area contributed by atoms with Crippen molar-refractivity contribution in [3.8, 4) is 0 Å². The van der Waals surface area contributed by atoms with Gasteiger partial charge in [-0.3, -0.25) is 4.79 Å². The predicted molar refractivity (Wildman–Crippen MR) is 81.3 cm³/mol. The molecule has 1 aliphatic carbocycles. The van der Waals surface area contributed by atoms with Crippen molar-refractivity contribution < 1.29 is 19.4 Å². The van der Waals surface area contributed by atoms with Crippen molar-refractivity contribution in [1.82, 2.24) is 4.90 Å². The number of rotatable bonds is 3. The third kappa shape index (κ3) is 2.93.